The molecule has 3 rings (SSSR count). The summed E-state index contributed by atoms with van der Waals surface area (Å²) in [4.78, 5) is 15.1. The van der Waals surface area contributed by atoms with E-state index >= 15 is 0 Å². The van der Waals surface area contributed by atoms with Crippen LogP contribution in [0, 0.1) is 21.8 Å². The van der Waals surface area contributed by atoms with Crippen molar-refractivity contribution in [3.8, 4) is 0 Å². The number of benzene rings is 1. The van der Waals surface area contributed by atoms with E-state index in [1.54, 1.807) is 6.07 Å². The van der Waals surface area contributed by atoms with Crippen LogP contribution in [0.4, 0.5) is 21.5 Å². The second-order valence-electron chi connectivity index (χ2n) is 7.12. The second kappa shape index (κ2) is 7.36. The minimum absolute atomic E-state index is 0.111. The molecule has 0 atom stereocenters. The molecule has 132 valence electrons. The third-order valence-corrected chi connectivity index (χ3v) is 5.31. The highest BCUT2D eigenvalue weighted by Crippen LogP contribution is 2.37. The van der Waals surface area contributed by atoms with Crippen LogP contribution in [0.15, 0.2) is 12.1 Å². The molecule has 0 saturated carbocycles. The van der Waals surface area contributed by atoms with E-state index in [0.29, 0.717) is 17.3 Å². The Hall–Kier alpha value is -1.85. The average Bonchev–Trinajstić information content (AvgIpc) is 2.84. The molecule has 1 aromatic rings. The number of halogens is 1. The predicted octanol–water partition coefficient (Wildman–Crippen LogP) is 4.35. The van der Waals surface area contributed by atoms with Gasteiger partial charge in [0.25, 0.3) is 5.69 Å². The monoisotopic (exact) mass is 335 g/mol. The van der Waals surface area contributed by atoms with Crippen LogP contribution in [0.3, 0.4) is 0 Å². The highest BCUT2D eigenvalue weighted by Gasteiger charge is 2.27. The average molecular weight is 335 g/mol. The van der Waals surface area contributed by atoms with E-state index in [9.17, 15) is 14.5 Å². The summed E-state index contributed by atoms with van der Waals surface area (Å²) >= 11 is 0. The lowest BCUT2D eigenvalue weighted by atomic mass is 9.98. The van der Waals surface area contributed by atoms with Crippen LogP contribution in [-0.4, -0.2) is 31.1 Å². The van der Waals surface area contributed by atoms with E-state index in [-0.39, 0.29) is 5.69 Å². The molecule has 6 heteroatoms. The zero-order valence-electron chi connectivity index (χ0n) is 14.3. The van der Waals surface area contributed by atoms with E-state index in [1.807, 2.05) is 0 Å². The van der Waals surface area contributed by atoms with Gasteiger partial charge in [0, 0.05) is 26.2 Å². The maximum Gasteiger partial charge on any atom is 0.295 e. The predicted molar refractivity (Wildman–Crippen MR) is 94.3 cm³/mol. The van der Waals surface area contributed by atoms with E-state index < -0.39 is 10.7 Å². The van der Waals surface area contributed by atoms with Crippen LogP contribution in [0.25, 0.3) is 0 Å². The van der Waals surface area contributed by atoms with Gasteiger partial charge in [-0.25, -0.2) is 4.39 Å². The van der Waals surface area contributed by atoms with Gasteiger partial charge in [-0.2, -0.15) is 0 Å². The molecule has 2 heterocycles. The maximum absolute atomic E-state index is 14.6. The molecule has 2 fully saturated rings. The van der Waals surface area contributed by atoms with Crippen LogP contribution in [-0.2, 0) is 0 Å². The van der Waals surface area contributed by atoms with E-state index in [4.69, 9.17) is 0 Å². The van der Waals surface area contributed by atoms with Crippen LogP contribution in [0.5, 0.6) is 0 Å². The van der Waals surface area contributed by atoms with Gasteiger partial charge in [0.1, 0.15) is 5.69 Å². The molecule has 0 bridgehead atoms. The lowest BCUT2D eigenvalue weighted by Crippen LogP contribution is -2.33. The van der Waals surface area contributed by atoms with Crippen LogP contribution >= 0.6 is 0 Å². The van der Waals surface area contributed by atoms with Crippen molar-refractivity contribution in [3.63, 3.8) is 0 Å². The highest BCUT2D eigenvalue weighted by molar-refractivity contribution is 5.71. The minimum Gasteiger partial charge on any atom is -0.369 e. The summed E-state index contributed by atoms with van der Waals surface area (Å²) in [6.07, 6.45) is 6.48. The molecular formula is C18H26FN3O2. The minimum atomic E-state index is -0.474. The second-order valence-corrected chi connectivity index (χ2v) is 7.12. The molecule has 0 amide bonds. The third-order valence-electron chi connectivity index (χ3n) is 5.31. The Balaban J connectivity index is 1.95. The van der Waals surface area contributed by atoms with Crippen molar-refractivity contribution < 1.29 is 9.31 Å². The fourth-order valence-electron chi connectivity index (χ4n) is 3.74. The van der Waals surface area contributed by atoms with Crippen molar-refractivity contribution in [2.75, 3.05) is 36.0 Å². The fraction of sp³-hybridized carbons (Fsp3) is 0.667. The Kier molecular flexibility index (Phi) is 5.21. The molecule has 0 aliphatic carbocycles. The van der Waals surface area contributed by atoms with Gasteiger partial charge in [-0.05, 0) is 37.7 Å². The summed E-state index contributed by atoms with van der Waals surface area (Å²) in [5.74, 6) is 0.170. The van der Waals surface area contributed by atoms with Crippen molar-refractivity contribution in [2.45, 2.75) is 45.4 Å². The smallest absolute Gasteiger partial charge is 0.295 e. The fourth-order valence-corrected chi connectivity index (χ4v) is 3.74. The van der Waals surface area contributed by atoms with Crippen molar-refractivity contribution in [3.05, 3.63) is 28.1 Å². The lowest BCUT2D eigenvalue weighted by molar-refractivity contribution is -0.384. The number of piperidine rings is 1. The summed E-state index contributed by atoms with van der Waals surface area (Å²) in [6.45, 7) is 5.45. The summed E-state index contributed by atoms with van der Waals surface area (Å²) in [5, 5.41) is 11.4. The standard InChI is InChI=1S/C18H26FN3O2/c1-14-6-10-21(11-7-14)17-13-16(15(19)12-18(17)22(23)24)20-8-4-2-3-5-9-20/h12-14H,2-11H2,1H3. The highest BCUT2D eigenvalue weighted by atomic mass is 19.1. The zero-order valence-corrected chi connectivity index (χ0v) is 14.3. The first-order valence-corrected chi connectivity index (χ1v) is 9.04. The van der Waals surface area contributed by atoms with Gasteiger partial charge < -0.3 is 9.80 Å². The van der Waals surface area contributed by atoms with Gasteiger partial charge in [0.05, 0.1) is 16.7 Å². The molecule has 5 nitrogen and oxygen atoms in total. The van der Waals surface area contributed by atoms with Crippen LogP contribution < -0.4 is 9.80 Å². The number of nitro benzene ring substituents is 1. The molecule has 2 aliphatic rings. The lowest BCUT2D eigenvalue weighted by Gasteiger charge is -2.33. The molecule has 24 heavy (non-hydrogen) atoms. The number of anilines is 2. The number of rotatable bonds is 3. The zero-order chi connectivity index (χ0) is 17.1. The molecule has 2 aliphatic heterocycles. The van der Waals surface area contributed by atoms with Gasteiger partial charge in [-0.15, -0.1) is 0 Å². The van der Waals surface area contributed by atoms with Crippen LogP contribution in [0.2, 0.25) is 0 Å². The van der Waals surface area contributed by atoms with E-state index in [2.05, 4.69) is 16.7 Å². The van der Waals surface area contributed by atoms with E-state index in [0.717, 1.165) is 57.9 Å². The van der Waals surface area contributed by atoms with Gasteiger partial charge in [0.2, 0.25) is 0 Å². The number of hydrogen-bond donors (Lipinski definition) is 0. The Morgan fingerprint density at radius 3 is 2.17 bits per heavy atom. The van der Waals surface area contributed by atoms with Gasteiger partial charge in [-0.3, -0.25) is 10.1 Å². The maximum atomic E-state index is 14.6. The molecular weight excluding hydrogens is 309 g/mol. The molecule has 0 spiro atoms. The van der Waals surface area contributed by atoms with Crippen molar-refractivity contribution in [2.24, 2.45) is 5.92 Å². The number of hydrogen-bond acceptors (Lipinski definition) is 4. The largest absolute Gasteiger partial charge is 0.369 e. The van der Waals surface area contributed by atoms with Crippen molar-refractivity contribution in [1.82, 2.24) is 0 Å². The van der Waals surface area contributed by atoms with Gasteiger partial charge >= 0.3 is 0 Å². The summed E-state index contributed by atoms with van der Waals surface area (Å²) in [6, 6.07) is 2.84. The molecule has 0 aromatic heterocycles. The summed E-state index contributed by atoms with van der Waals surface area (Å²) < 4.78 is 14.6. The number of nitro groups is 1. The Bertz CT molecular complexity index is 592. The van der Waals surface area contributed by atoms with Gasteiger partial charge in [0.15, 0.2) is 5.82 Å². The van der Waals surface area contributed by atoms with Crippen molar-refractivity contribution in [1.29, 1.82) is 0 Å². The Morgan fingerprint density at radius 1 is 1.00 bits per heavy atom. The topological polar surface area (TPSA) is 49.6 Å². The Morgan fingerprint density at radius 2 is 1.58 bits per heavy atom. The van der Waals surface area contributed by atoms with Gasteiger partial charge in [-0.1, -0.05) is 19.8 Å². The first kappa shape index (κ1) is 17.0. The van der Waals surface area contributed by atoms with Crippen molar-refractivity contribution >= 4 is 17.1 Å². The molecule has 0 unspecified atom stereocenters. The van der Waals surface area contributed by atoms with E-state index in [1.165, 1.54) is 12.8 Å². The SMILES string of the molecule is CC1CCN(c2cc(N3CCCCCC3)c(F)cc2[N+](=O)[O-])CC1. The quantitative estimate of drug-likeness (QED) is 0.609. The first-order chi connectivity index (χ1) is 11.6. The summed E-state index contributed by atoms with van der Waals surface area (Å²) in [7, 11) is 0. The third kappa shape index (κ3) is 3.62. The number of nitrogens with zero attached hydrogens (tertiary/aromatic N) is 3. The molecule has 0 N–H and O–H groups in total. The molecule has 1 aromatic carbocycles. The summed E-state index contributed by atoms with van der Waals surface area (Å²) in [5.41, 5.74) is 0.990. The Labute approximate surface area is 142 Å². The first-order valence-electron chi connectivity index (χ1n) is 9.04. The van der Waals surface area contributed by atoms with Crippen LogP contribution in [0.1, 0.15) is 45.4 Å². The molecule has 0 radical (unpaired) electrons. The normalized spacial score (nSPS) is 20.1. The molecule has 2 saturated heterocycles.